The van der Waals surface area contributed by atoms with E-state index in [1.54, 1.807) is 30.3 Å². The highest BCUT2D eigenvalue weighted by Crippen LogP contribution is 2.36. The van der Waals surface area contributed by atoms with Crippen LogP contribution in [-0.2, 0) is 16.2 Å². The first-order chi connectivity index (χ1) is 16.6. The molecule has 1 aliphatic heterocycles. The molecule has 0 bridgehead atoms. The lowest BCUT2D eigenvalue weighted by Crippen LogP contribution is -2.54. The number of imide groups is 2. The summed E-state index contributed by atoms with van der Waals surface area (Å²) in [5, 5.41) is 2.66. The number of hydrogen-bond donors (Lipinski definition) is 1. The molecule has 0 radical (unpaired) electrons. The minimum atomic E-state index is -0.809. The fourth-order valence-corrected chi connectivity index (χ4v) is 4.18. The van der Waals surface area contributed by atoms with Gasteiger partial charge in [-0.3, -0.25) is 14.9 Å². The van der Waals surface area contributed by atoms with E-state index in [1.807, 2.05) is 45.0 Å². The van der Waals surface area contributed by atoms with E-state index in [1.165, 1.54) is 6.08 Å². The Balaban J connectivity index is 1.61. The minimum absolute atomic E-state index is 0.219. The molecule has 0 aromatic heterocycles. The number of amides is 4. The van der Waals surface area contributed by atoms with E-state index < -0.39 is 17.8 Å². The van der Waals surface area contributed by atoms with Crippen LogP contribution < -0.4 is 15.0 Å². The van der Waals surface area contributed by atoms with Crippen LogP contribution in [0.2, 0.25) is 10.0 Å². The van der Waals surface area contributed by atoms with Gasteiger partial charge >= 0.3 is 6.03 Å². The van der Waals surface area contributed by atoms with Crippen LogP contribution >= 0.6 is 23.2 Å². The second kappa shape index (κ2) is 9.94. The van der Waals surface area contributed by atoms with Crippen molar-refractivity contribution < 1.29 is 19.1 Å². The molecule has 0 aliphatic carbocycles. The number of benzene rings is 3. The van der Waals surface area contributed by atoms with Crippen molar-refractivity contribution in [2.24, 2.45) is 0 Å². The number of aryl methyl sites for hydroxylation is 3. The van der Waals surface area contributed by atoms with Gasteiger partial charge in [0.2, 0.25) is 0 Å². The summed E-state index contributed by atoms with van der Waals surface area (Å²) >= 11 is 12.8. The van der Waals surface area contributed by atoms with Gasteiger partial charge in [0.25, 0.3) is 11.8 Å². The van der Waals surface area contributed by atoms with Crippen molar-refractivity contribution in [1.29, 1.82) is 0 Å². The average Bonchev–Trinajstić information content (AvgIpc) is 2.79. The lowest BCUT2D eigenvalue weighted by molar-refractivity contribution is -0.122. The lowest BCUT2D eigenvalue weighted by atomic mass is 10.0. The zero-order valence-corrected chi connectivity index (χ0v) is 20.8. The van der Waals surface area contributed by atoms with Crippen LogP contribution in [-0.4, -0.2) is 17.8 Å². The second-order valence-corrected chi connectivity index (χ2v) is 9.13. The number of urea groups is 1. The first-order valence-electron chi connectivity index (χ1n) is 10.8. The Labute approximate surface area is 213 Å². The van der Waals surface area contributed by atoms with Crippen molar-refractivity contribution in [2.75, 3.05) is 4.90 Å². The Hall–Kier alpha value is -3.61. The maximum Gasteiger partial charge on any atom is 0.335 e. The molecule has 3 aromatic carbocycles. The van der Waals surface area contributed by atoms with Gasteiger partial charge in [-0.1, -0.05) is 59.1 Å². The topological polar surface area (TPSA) is 75.7 Å². The van der Waals surface area contributed by atoms with E-state index in [9.17, 15) is 14.4 Å². The Kier molecular flexibility index (Phi) is 6.96. The minimum Gasteiger partial charge on any atom is -0.486 e. The number of rotatable bonds is 5. The Bertz CT molecular complexity index is 1360. The molecule has 1 aliphatic rings. The van der Waals surface area contributed by atoms with Crippen LogP contribution in [0.4, 0.5) is 10.5 Å². The van der Waals surface area contributed by atoms with Crippen LogP contribution in [0.1, 0.15) is 27.8 Å². The monoisotopic (exact) mass is 508 g/mol. The van der Waals surface area contributed by atoms with Gasteiger partial charge in [-0.25, -0.2) is 9.69 Å². The van der Waals surface area contributed by atoms with E-state index in [0.29, 0.717) is 17.0 Å². The van der Waals surface area contributed by atoms with Gasteiger partial charge in [-0.2, -0.15) is 0 Å². The fraction of sp³-hybridized carbons (Fsp3) is 0.148. The molecule has 1 heterocycles. The highest BCUT2D eigenvalue weighted by molar-refractivity contribution is 6.40. The third kappa shape index (κ3) is 5.24. The predicted molar refractivity (Wildman–Crippen MR) is 137 cm³/mol. The SMILES string of the molecule is Cc1ccc(COc2c(Cl)cc(/C=C3\C(=O)NC(=O)N(c4ccc(C)c(C)c4)C3=O)cc2Cl)cc1. The van der Waals surface area contributed by atoms with Crippen LogP contribution in [0.3, 0.4) is 0 Å². The summed E-state index contributed by atoms with van der Waals surface area (Å²) in [4.78, 5) is 39.0. The van der Waals surface area contributed by atoms with Crippen LogP contribution in [0.5, 0.6) is 5.75 Å². The summed E-state index contributed by atoms with van der Waals surface area (Å²) in [5.74, 6) is -1.25. The Morgan fingerprint density at radius 1 is 0.886 bits per heavy atom. The molecule has 35 heavy (non-hydrogen) atoms. The van der Waals surface area contributed by atoms with Gasteiger partial charge in [0.1, 0.15) is 12.2 Å². The summed E-state index contributed by atoms with van der Waals surface area (Å²) in [5.41, 5.74) is 4.57. The van der Waals surface area contributed by atoms with Gasteiger partial charge in [-0.15, -0.1) is 0 Å². The summed E-state index contributed by atoms with van der Waals surface area (Å²) < 4.78 is 5.81. The number of barbiturate groups is 1. The highest BCUT2D eigenvalue weighted by Gasteiger charge is 2.37. The van der Waals surface area contributed by atoms with Crippen molar-refractivity contribution in [3.8, 4) is 5.75 Å². The maximum absolute atomic E-state index is 13.2. The van der Waals surface area contributed by atoms with Gasteiger partial charge in [0, 0.05) is 0 Å². The number of nitrogens with zero attached hydrogens (tertiary/aromatic N) is 1. The number of ether oxygens (including phenoxy) is 1. The molecule has 4 rings (SSSR count). The highest BCUT2D eigenvalue weighted by atomic mass is 35.5. The molecule has 0 spiro atoms. The normalized spacial score (nSPS) is 14.9. The molecular weight excluding hydrogens is 487 g/mol. The molecule has 3 aromatic rings. The third-order valence-corrected chi connectivity index (χ3v) is 6.25. The van der Waals surface area contributed by atoms with E-state index in [2.05, 4.69) is 5.32 Å². The maximum atomic E-state index is 13.2. The zero-order valence-electron chi connectivity index (χ0n) is 19.3. The number of nitrogens with one attached hydrogen (secondary N) is 1. The molecule has 4 amide bonds. The van der Waals surface area contributed by atoms with Gasteiger partial charge in [0.05, 0.1) is 15.7 Å². The molecule has 8 heteroatoms. The van der Waals surface area contributed by atoms with Gasteiger partial charge < -0.3 is 4.74 Å². The van der Waals surface area contributed by atoms with Crippen molar-refractivity contribution in [2.45, 2.75) is 27.4 Å². The molecule has 1 fully saturated rings. The molecule has 0 unspecified atom stereocenters. The first kappa shape index (κ1) is 24.5. The third-order valence-electron chi connectivity index (χ3n) is 5.69. The van der Waals surface area contributed by atoms with E-state index in [0.717, 1.165) is 27.2 Å². The average molecular weight is 509 g/mol. The fourth-order valence-electron chi connectivity index (χ4n) is 3.56. The molecule has 0 atom stereocenters. The van der Waals surface area contributed by atoms with Crippen molar-refractivity contribution >= 4 is 52.8 Å². The zero-order chi connectivity index (χ0) is 25.3. The number of carbonyl (C=O) groups excluding carboxylic acids is 3. The molecule has 178 valence electrons. The van der Waals surface area contributed by atoms with E-state index >= 15 is 0 Å². The number of halogens is 2. The van der Waals surface area contributed by atoms with Crippen molar-refractivity contribution in [1.82, 2.24) is 5.32 Å². The number of carbonyl (C=O) groups is 3. The summed E-state index contributed by atoms with van der Waals surface area (Å²) in [7, 11) is 0. The van der Waals surface area contributed by atoms with E-state index in [-0.39, 0.29) is 22.2 Å². The largest absolute Gasteiger partial charge is 0.486 e. The molecule has 6 nitrogen and oxygen atoms in total. The molecule has 1 N–H and O–H groups in total. The first-order valence-corrected chi connectivity index (χ1v) is 11.6. The molecular formula is C27H22Cl2N2O4. The Morgan fingerprint density at radius 3 is 2.17 bits per heavy atom. The number of hydrogen-bond acceptors (Lipinski definition) is 4. The van der Waals surface area contributed by atoms with Crippen LogP contribution in [0.25, 0.3) is 6.08 Å². The second-order valence-electron chi connectivity index (χ2n) is 8.31. The van der Waals surface area contributed by atoms with Gasteiger partial charge in [0.15, 0.2) is 5.75 Å². The quantitative estimate of drug-likeness (QED) is 0.330. The van der Waals surface area contributed by atoms with Crippen LogP contribution in [0.15, 0.2) is 60.2 Å². The van der Waals surface area contributed by atoms with Crippen molar-refractivity contribution in [3.05, 3.63) is 98.0 Å². The van der Waals surface area contributed by atoms with E-state index in [4.69, 9.17) is 27.9 Å². The summed E-state index contributed by atoms with van der Waals surface area (Å²) in [6.07, 6.45) is 1.35. The molecule has 1 saturated heterocycles. The van der Waals surface area contributed by atoms with Crippen molar-refractivity contribution in [3.63, 3.8) is 0 Å². The van der Waals surface area contributed by atoms with Gasteiger partial charge in [-0.05, 0) is 73.4 Å². The summed E-state index contributed by atoms with van der Waals surface area (Å²) in [6, 6.07) is 15.3. The Morgan fingerprint density at radius 2 is 1.54 bits per heavy atom. The van der Waals surface area contributed by atoms with Crippen LogP contribution in [0, 0.1) is 20.8 Å². The predicted octanol–water partition coefficient (Wildman–Crippen LogP) is 6.16. The standard InChI is InChI=1S/C27H22Cl2N2O4/c1-15-4-7-18(8-5-15)14-35-24-22(28)12-19(13-23(24)29)11-21-25(32)30-27(34)31(26(21)33)20-9-6-16(2)17(3)10-20/h4-13H,14H2,1-3H3,(H,30,32,34)/b21-11+. The smallest absolute Gasteiger partial charge is 0.335 e. The summed E-state index contributed by atoms with van der Waals surface area (Å²) in [6.45, 7) is 6.07. The lowest BCUT2D eigenvalue weighted by Gasteiger charge is -2.27. The molecule has 0 saturated carbocycles. The number of anilines is 1.